The van der Waals surface area contributed by atoms with E-state index in [0.29, 0.717) is 17.0 Å². The summed E-state index contributed by atoms with van der Waals surface area (Å²) in [6, 6.07) is 3.88. The number of aromatic nitrogens is 1. The Kier molecular flexibility index (Phi) is 5.66. The van der Waals surface area contributed by atoms with E-state index in [9.17, 15) is 9.90 Å². The summed E-state index contributed by atoms with van der Waals surface area (Å²) in [6.45, 7) is 3.65. The smallest absolute Gasteiger partial charge is 0.338 e. The molecular weight excluding hydrogens is 248 g/mol. The Morgan fingerprint density at radius 3 is 2.83 bits per heavy atom. The molecule has 0 saturated carbocycles. The first kappa shape index (κ1) is 14.5. The van der Waals surface area contributed by atoms with Crippen molar-refractivity contribution in [1.82, 2.24) is 4.98 Å². The molecule has 1 aromatic rings. The number of nitrogens with zero attached hydrogens (tertiary/aromatic N) is 2. The molecule has 0 saturated heterocycles. The standard InChI is InChI=1S/C13H16N2O2S/c1-9-8-10(2)15-12(11(9)13(16)17)18-7-5-3-4-6-14/h8H,3-5,7H2,1-2H3,(H,16,17). The molecule has 18 heavy (non-hydrogen) atoms. The van der Waals surface area contributed by atoms with Gasteiger partial charge in [-0.3, -0.25) is 0 Å². The molecule has 0 aromatic carbocycles. The number of pyridine rings is 1. The van der Waals surface area contributed by atoms with E-state index < -0.39 is 5.97 Å². The molecule has 0 aliphatic carbocycles. The maximum atomic E-state index is 11.2. The third-order valence-corrected chi connectivity index (χ3v) is 3.51. The Hall–Kier alpha value is -1.54. The van der Waals surface area contributed by atoms with Gasteiger partial charge in [0.1, 0.15) is 5.03 Å². The van der Waals surface area contributed by atoms with Crippen LogP contribution in [-0.4, -0.2) is 21.8 Å². The Morgan fingerprint density at radius 2 is 2.22 bits per heavy atom. The molecule has 0 amide bonds. The zero-order chi connectivity index (χ0) is 13.5. The first-order valence-electron chi connectivity index (χ1n) is 5.77. The third-order valence-electron chi connectivity index (χ3n) is 2.45. The lowest BCUT2D eigenvalue weighted by molar-refractivity contribution is 0.0691. The van der Waals surface area contributed by atoms with Crippen molar-refractivity contribution >= 4 is 17.7 Å². The van der Waals surface area contributed by atoms with Crippen molar-refractivity contribution in [2.24, 2.45) is 0 Å². The lowest BCUT2D eigenvalue weighted by atomic mass is 10.1. The van der Waals surface area contributed by atoms with Gasteiger partial charge in [0.05, 0.1) is 11.6 Å². The summed E-state index contributed by atoms with van der Waals surface area (Å²) < 4.78 is 0. The number of carboxylic acid groups (broad SMARTS) is 1. The van der Waals surface area contributed by atoms with Crippen molar-refractivity contribution in [1.29, 1.82) is 5.26 Å². The van der Waals surface area contributed by atoms with Crippen LogP contribution in [0.5, 0.6) is 0 Å². The van der Waals surface area contributed by atoms with Gasteiger partial charge in [0.2, 0.25) is 0 Å². The van der Waals surface area contributed by atoms with E-state index in [1.54, 1.807) is 13.0 Å². The predicted octanol–water partition coefficient (Wildman–Crippen LogP) is 3.18. The average molecular weight is 264 g/mol. The van der Waals surface area contributed by atoms with E-state index >= 15 is 0 Å². The zero-order valence-electron chi connectivity index (χ0n) is 10.6. The average Bonchev–Trinajstić information content (AvgIpc) is 2.27. The van der Waals surface area contributed by atoms with Crippen molar-refractivity contribution in [3.63, 3.8) is 0 Å². The van der Waals surface area contributed by atoms with Crippen molar-refractivity contribution in [2.75, 3.05) is 5.75 Å². The molecule has 0 aliphatic heterocycles. The molecule has 1 heterocycles. The Balaban J connectivity index is 2.75. The van der Waals surface area contributed by atoms with Crippen LogP contribution in [0.2, 0.25) is 0 Å². The van der Waals surface area contributed by atoms with Crippen LogP contribution in [0.1, 0.15) is 40.9 Å². The van der Waals surface area contributed by atoms with Crippen LogP contribution in [0, 0.1) is 25.2 Å². The lowest BCUT2D eigenvalue weighted by Gasteiger charge is -2.08. The van der Waals surface area contributed by atoms with E-state index in [1.165, 1.54) is 11.8 Å². The van der Waals surface area contributed by atoms with Crippen LogP contribution in [-0.2, 0) is 0 Å². The van der Waals surface area contributed by atoms with E-state index in [2.05, 4.69) is 11.1 Å². The number of hydrogen-bond acceptors (Lipinski definition) is 4. The summed E-state index contributed by atoms with van der Waals surface area (Å²) in [6.07, 6.45) is 2.29. The molecule has 1 N–H and O–H groups in total. The summed E-state index contributed by atoms with van der Waals surface area (Å²) in [4.78, 5) is 15.5. The first-order chi connectivity index (χ1) is 8.56. The van der Waals surface area contributed by atoms with Gasteiger partial charge in [-0.2, -0.15) is 5.26 Å². The van der Waals surface area contributed by atoms with Gasteiger partial charge < -0.3 is 5.11 Å². The maximum Gasteiger partial charge on any atom is 0.338 e. The number of hydrogen-bond donors (Lipinski definition) is 1. The van der Waals surface area contributed by atoms with Crippen LogP contribution in [0.3, 0.4) is 0 Å². The Bertz CT molecular complexity index is 481. The number of aryl methyl sites for hydroxylation is 2. The van der Waals surface area contributed by atoms with Crippen molar-refractivity contribution in [3.05, 3.63) is 22.9 Å². The normalized spacial score (nSPS) is 10.1. The van der Waals surface area contributed by atoms with Crippen LogP contribution >= 0.6 is 11.8 Å². The van der Waals surface area contributed by atoms with Gasteiger partial charge in [-0.05, 0) is 44.1 Å². The summed E-state index contributed by atoms with van der Waals surface area (Å²) in [5.41, 5.74) is 1.87. The topological polar surface area (TPSA) is 74.0 Å². The summed E-state index contributed by atoms with van der Waals surface area (Å²) >= 11 is 1.45. The van der Waals surface area contributed by atoms with Gasteiger partial charge >= 0.3 is 5.97 Å². The van der Waals surface area contributed by atoms with Crippen molar-refractivity contribution in [3.8, 4) is 6.07 Å². The number of thioether (sulfide) groups is 1. The highest BCUT2D eigenvalue weighted by molar-refractivity contribution is 7.99. The molecule has 4 nitrogen and oxygen atoms in total. The van der Waals surface area contributed by atoms with Crippen molar-refractivity contribution < 1.29 is 9.90 Å². The zero-order valence-corrected chi connectivity index (χ0v) is 11.4. The Morgan fingerprint density at radius 1 is 1.50 bits per heavy atom. The highest BCUT2D eigenvalue weighted by atomic mass is 32.2. The van der Waals surface area contributed by atoms with E-state index in [1.807, 2.05) is 6.92 Å². The number of nitriles is 1. The molecule has 0 unspecified atom stereocenters. The number of aromatic carboxylic acids is 1. The summed E-state index contributed by atoms with van der Waals surface area (Å²) in [7, 11) is 0. The van der Waals surface area contributed by atoms with Crippen LogP contribution in [0.25, 0.3) is 0 Å². The van der Waals surface area contributed by atoms with Crippen molar-refractivity contribution in [2.45, 2.75) is 38.1 Å². The van der Waals surface area contributed by atoms with Gasteiger partial charge in [0, 0.05) is 12.1 Å². The minimum absolute atomic E-state index is 0.297. The van der Waals surface area contributed by atoms with Crippen LogP contribution in [0.4, 0.5) is 0 Å². The minimum Gasteiger partial charge on any atom is -0.478 e. The molecule has 0 atom stereocenters. The number of carboxylic acids is 1. The molecule has 0 fully saturated rings. The van der Waals surface area contributed by atoms with E-state index in [-0.39, 0.29) is 0 Å². The molecular formula is C13H16N2O2S. The maximum absolute atomic E-state index is 11.2. The second kappa shape index (κ2) is 7.02. The van der Waals surface area contributed by atoms with Gasteiger partial charge in [-0.15, -0.1) is 11.8 Å². The summed E-state index contributed by atoms with van der Waals surface area (Å²) in [5.74, 6) is -0.141. The quantitative estimate of drug-likeness (QED) is 0.631. The number of carbonyl (C=O) groups is 1. The SMILES string of the molecule is Cc1cc(C)c(C(=O)O)c(SCCCCC#N)n1. The van der Waals surface area contributed by atoms with Gasteiger partial charge in [0.15, 0.2) is 0 Å². The lowest BCUT2D eigenvalue weighted by Crippen LogP contribution is -2.05. The van der Waals surface area contributed by atoms with Gasteiger partial charge in [-0.25, -0.2) is 9.78 Å². The van der Waals surface area contributed by atoms with E-state index in [4.69, 9.17) is 5.26 Å². The molecule has 0 radical (unpaired) electrons. The van der Waals surface area contributed by atoms with E-state index in [0.717, 1.165) is 29.9 Å². The molecule has 1 aromatic heterocycles. The fourth-order valence-electron chi connectivity index (χ4n) is 1.64. The van der Waals surface area contributed by atoms with Gasteiger partial charge in [-0.1, -0.05) is 0 Å². The molecule has 0 spiro atoms. The molecule has 5 heteroatoms. The molecule has 1 rings (SSSR count). The monoisotopic (exact) mass is 264 g/mol. The predicted molar refractivity (Wildman–Crippen MR) is 70.9 cm³/mol. The highest BCUT2D eigenvalue weighted by Crippen LogP contribution is 2.25. The fourth-order valence-corrected chi connectivity index (χ4v) is 2.79. The molecule has 0 bridgehead atoms. The van der Waals surface area contributed by atoms with Gasteiger partial charge in [0.25, 0.3) is 0 Å². The Labute approximate surface area is 111 Å². The third kappa shape index (κ3) is 4.04. The number of rotatable bonds is 6. The second-order valence-electron chi connectivity index (χ2n) is 4.03. The minimum atomic E-state index is -0.931. The highest BCUT2D eigenvalue weighted by Gasteiger charge is 2.15. The fraction of sp³-hybridized carbons (Fsp3) is 0.462. The number of unbranched alkanes of at least 4 members (excludes halogenated alkanes) is 2. The molecule has 0 aliphatic rings. The second-order valence-corrected chi connectivity index (χ2v) is 5.11. The first-order valence-corrected chi connectivity index (χ1v) is 6.76. The summed E-state index contributed by atoms with van der Waals surface area (Å²) in [5, 5.41) is 18.2. The molecule has 96 valence electrons. The van der Waals surface area contributed by atoms with Crippen LogP contribution in [0.15, 0.2) is 11.1 Å². The largest absolute Gasteiger partial charge is 0.478 e. The van der Waals surface area contributed by atoms with Crippen LogP contribution < -0.4 is 0 Å².